The Hall–Kier alpha value is -2.27. The van der Waals surface area contributed by atoms with Crippen molar-refractivity contribution >= 4 is 23.2 Å². The summed E-state index contributed by atoms with van der Waals surface area (Å²) < 4.78 is 6.29. The molecule has 0 saturated heterocycles. The van der Waals surface area contributed by atoms with Crippen molar-refractivity contribution in [1.82, 2.24) is 4.57 Å². The highest BCUT2D eigenvalue weighted by Gasteiger charge is 2.17. The molecule has 0 bridgehead atoms. The van der Waals surface area contributed by atoms with Crippen molar-refractivity contribution in [2.75, 3.05) is 12.4 Å². The number of nitrogens with one attached hydrogen (secondary N) is 1. The molecule has 1 unspecified atom stereocenters. The van der Waals surface area contributed by atoms with Gasteiger partial charge in [-0.2, -0.15) is 0 Å². The number of amides is 1. The van der Waals surface area contributed by atoms with Gasteiger partial charge < -0.3 is 14.6 Å². The quantitative estimate of drug-likeness (QED) is 0.945. The number of carbonyl (C=O) groups excluding carboxylic acids is 1. The summed E-state index contributed by atoms with van der Waals surface area (Å²) in [6.45, 7) is 1.64. The maximum absolute atomic E-state index is 12.2. The number of hydrogen-bond donors (Lipinski definition) is 1. The molecule has 6 heteroatoms. The summed E-state index contributed by atoms with van der Waals surface area (Å²) >= 11 is 5.79. The molecular formula is C15H15ClN2O3. The lowest BCUT2D eigenvalue weighted by atomic mass is 10.2. The Bertz CT molecular complexity index is 695. The Morgan fingerprint density at radius 1 is 1.29 bits per heavy atom. The monoisotopic (exact) mass is 306 g/mol. The van der Waals surface area contributed by atoms with E-state index in [2.05, 4.69) is 5.32 Å². The molecule has 1 amide bonds. The lowest BCUT2D eigenvalue weighted by Crippen LogP contribution is -2.31. The fraction of sp³-hybridized carbons (Fsp3) is 0.200. The smallest absolute Gasteiger partial charge is 0.293 e. The average molecular weight is 307 g/mol. The van der Waals surface area contributed by atoms with Crippen LogP contribution < -0.4 is 15.6 Å². The van der Waals surface area contributed by atoms with Gasteiger partial charge in [0.2, 0.25) is 5.91 Å². The van der Waals surface area contributed by atoms with Gasteiger partial charge in [0.25, 0.3) is 5.56 Å². The fourth-order valence-electron chi connectivity index (χ4n) is 1.86. The number of ether oxygens (including phenoxy) is 1. The van der Waals surface area contributed by atoms with Crippen molar-refractivity contribution in [3.63, 3.8) is 0 Å². The first-order valence-electron chi connectivity index (χ1n) is 6.34. The zero-order valence-corrected chi connectivity index (χ0v) is 12.4. The number of rotatable bonds is 4. The first-order valence-corrected chi connectivity index (χ1v) is 6.72. The van der Waals surface area contributed by atoms with Crippen LogP contribution in [0.25, 0.3) is 0 Å². The molecule has 110 valence electrons. The molecule has 1 aromatic carbocycles. The van der Waals surface area contributed by atoms with Crippen molar-refractivity contribution in [1.29, 1.82) is 0 Å². The lowest BCUT2D eigenvalue weighted by Gasteiger charge is -2.15. The number of anilines is 1. The van der Waals surface area contributed by atoms with Gasteiger partial charge in [-0.05, 0) is 43.3 Å². The van der Waals surface area contributed by atoms with Crippen LogP contribution in [0.15, 0.2) is 47.4 Å². The molecule has 0 aliphatic heterocycles. The van der Waals surface area contributed by atoms with E-state index in [-0.39, 0.29) is 17.2 Å². The van der Waals surface area contributed by atoms with Gasteiger partial charge in [0.1, 0.15) is 6.04 Å². The maximum atomic E-state index is 12.2. The Balaban J connectivity index is 2.20. The highest BCUT2D eigenvalue weighted by Crippen LogP contribution is 2.15. The lowest BCUT2D eigenvalue weighted by molar-refractivity contribution is -0.118. The minimum atomic E-state index is -0.664. The number of nitrogens with zero attached hydrogens (tertiary/aromatic N) is 1. The molecule has 1 atom stereocenters. The Morgan fingerprint density at radius 2 is 1.95 bits per heavy atom. The topological polar surface area (TPSA) is 60.3 Å². The van der Waals surface area contributed by atoms with Gasteiger partial charge in [-0.1, -0.05) is 11.6 Å². The van der Waals surface area contributed by atoms with Gasteiger partial charge in [0, 0.05) is 16.9 Å². The van der Waals surface area contributed by atoms with Crippen molar-refractivity contribution in [2.24, 2.45) is 0 Å². The molecule has 0 aliphatic carbocycles. The van der Waals surface area contributed by atoms with Crippen LogP contribution in [0, 0.1) is 0 Å². The number of halogens is 1. The highest BCUT2D eigenvalue weighted by atomic mass is 35.5. The Morgan fingerprint density at radius 3 is 2.57 bits per heavy atom. The van der Waals surface area contributed by atoms with Crippen molar-refractivity contribution in [2.45, 2.75) is 13.0 Å². The van der Waals surface area contributed by atoms with Crippen LogP contribution in [-0.2, 0) is 4.79 Å². The van der Waals surface area contributed by atoms with E-state index in [1.165, 1.54) is 11.7 Å². The van der Waals surface area contributed by atoms with E-state index >= 15 is 0 Å². The third-order valence-corrected chi connectivity index (χ3v) is 3.32. The SMILES string of the molecule is COc1cccn(C(C)C(=O)Nc2ccc(Cl)cc2)c1=O. The van der Waals surface area contributed by atoms with Gasteiger partial charge in [-0.25, -0.2) is 0 Å². The van der Waals surface area contributed by atoms with Crippen molar-refractivity contribution < 1.29 is 9.53 Å². The Labute approximate surface area is 127 Å². The second-order valence-electron chi connectivity index (χ2n) is 4.46. The van der Waals surface area contributed by atoms with E-state index < -0.39 is 6.04 Å². The van der Waals surface area contributed by atoms with Crippen LogP contribution in [-0.4, -0.2) is 17.6 Å². The third kappa shape index (κ3) is 3.44. The number of methoxy groups -OCH3 is 1. The highest BCUT2D eigenvalue weighted by molar-refractivity contribution is 6.30. The van der Waals surface area contributed by atoms with Crippen LogP contribution in [0.1, 0.15) is 13.0 Å². The van der Waals surface area contributed by atoms with E-state index in [9.17, 15) is 9.59 Å². The van der Waals surface area contributed by atoms with Crippen LogP contribution in [0.2, 0.25) is 5.02 Å². The molecule has 0 aliphatic rings. The van der Waals surface area contributed by atoms with Gasteiger partial charge in [0.05, 0.1) is 7.11 Å². The van der Waals surface area contributed by atoms with Crippen molar-refractivity contribution in [3.05, 3.63) is 58.0 Å². The molecule has 1 heterocycles. The molecule has 5 nitrogen and oxygen atoms in total. The molecule has 0 saturated carbocycles. The number of pyridine rings is 1. The number of hydrogen-bond acceptors (Lipinski definition) is 3. The van der Waals surface area contributed by atoms with Gasteiger partial charge >= 0.3 is 0 Å². The molecule has 2 rings (SSSR count). The first kappa shape index (κ1) is 15.1. The zero-order chi connectivity index (χ0) is 15.4. The Kier molecular flexibility index (Phi) is 4.65. The van der Waals surface area contributed by atoms with Gasteiger partial charge in [0.15, 0.2) is 5.75 Å². The molecule has 0 fully saturated rings. The number of benzene rings is 1. The summed E-state index contributed by atoms with van der Waals surface area (Å²) in [6.07, 6.45) is 1.55. The third-order valence-electron chi connectivity index (χ3n) is 3.07. The summed E-state index contributed by atoms with van der Waals surface area (Å²) in [5.41, 5.74) is 0.269. The van der Waals surface area contributed by atoms with Crippen LogP contribution in [0.4, 0.5) is 5.69 Å². The standard InChI is InChI=1S/C15H15ClN2O3/c1-10(18-9-3-4-13(21-2)15(18)20)14(19)17-12-7-5-11(16)6-8-12/h3-10H,1-2H3,(H,17,19). The molecular weight excluding hydrogens is 292 g/mol. The van der Waals surface area contributed by atoms with E-state index in [1.54, 1.807) is 49.5 Å². The van der Waals surface area contributed by atoms with Crippen LogP contribution >= 0.6 is 11.6 Å². The second-order valence-corrected chi connectivity index (χ2v) is 4.90. The molecule has 0 radical (unpaired) electrons. The average Bonchev–Trinajstić information content (AvgIpc) is 2.49. The second kappa shape index (κ2) is 6.45. The van der Waals surface area contributed by atoms with E-state index in [0.29, 0.717) is 10.7 Å². The molecule has 1 N–H and O–H groups in total. The van der Waals surface area contributed by atoms with Crippen LogP contribution in [0.3, 0.4) is 0 Å². The predicted octanol–water partition coefficient (Wildman–Crippen LogP) is 2.71. The summed E-state index contributed by atoms with van der Waals surface area (Å²) in [5, 5.41) is 3.32. The largest absolute Gasteiger partial charge is 0.491 e. The van der Waals surface area contributed by atoms with Gasteiger partial charge in [-0.3, -0.25) is 9.59 Å². The minimum Gasteiger partial charge on any atom is -0.491 e. The molecule has 0 spiro atoms. The first-order chi connectivity index (χ1) is 10.0. The van der Waals surface area contributed by atoms with Crippen LogP contribution in [0.5, 0.6) is 5.75 Å². The molecule has 21 heavy (non-hydrogen) atoms. The summed E-state index contributed by atoms with van der Waals surface area (Å²) in [6, 6.07) is 9.31. The minimum absolute atomic E-state index is 0.198. The maximum Gasteiger partial charge on any atom is 0.293 e. The summed E-state index contributed by atoms with van der Waals surface area (Å²) in [5.74, 6) is -0.101. The molecule has 1 aromatic heterocycles. The predicted molar refractivity (Wildman–Crippen MR) is 82.0 cm³/mol. The van der Waals surface area contributed by atoms with E-state index in [4.69, 9.17) is 16.3 Å². The summed E-state index contributed by atoms with van der Waals surface area (Å²) in [7, 11) is 1.42. The van der Waals surface area contributed by atoms with Crippen molar-refractivity contribution in [3.8, 4) is 5.75 Å². The number of carbonyl (C=O) groups is 1. The molecule has 2 aromatic rings. The zero-order valence-electron chi connectivity index (χ0n) is 11.7. The summed E-state index contributed by atoms with van der Waals surface area (Å²) in [4.78, 5) is 24.3. The van der Waals surface area contributed by atoms with E-state index in [1.807, 2.05) is 0 Å². The normalized spacial score (nSPS) is 11.8. The number of aromatic nitrogens is 1. The fourth-order valence-corrected chi connectivity index (χ4v) is 1.98. The van der Waals surface area contributed by atoms with E-state index in [0.717, 1.165) is 0 Å². The van der Waals surface area contributed by atoms with Gasteiger partial charge in [-0.15, -0.1) is 0 Å².